The number of halogens is 2. The van der Waals surface area contributed by atoms with Crippen molar-refractivity contribution in [3.63, 3.8) is 0 Å². The minimum absolute atomic E-state index is 0.0121. The molecule has 0 radical (unpaired) electrons. The van der Waals surface area contributed by atoms with Crippen LogP contribution in [0.5, 0.6) is 11.8 Å². The van der Waals surface area contributed by atoms with Crippen LogP contribution in [0.3, 0.4) is 0 Å². The molecule has 2 unspecified atom stereocenters. The highest BCUT2D eigenvalue weighted by molar-refractivity contribution is 6.03. The molecule has 4 aromatic rings. The number of piperidine rings is 1. The second kappa shape index (κ2) is 10.0. The van der Waals surface area contributed by atoms with Gasteiger partial charge in [-0.25, -0.2) is 8.78 Å². The Labute approximate surface area is 248 Å². The maximum Gasteiger partial charge on any atom is 0.319 e. The molecular weight excluding hydrogens is 548 g/mol. The lowest BCUT2D eigenvalue weighted by Crippen LogP contribution is -2.43. The number of hydrogen-bond donors (Lipinski definition) is 1. The molecule has 1 aliphatic carbocycles. The fraction of sp³-hybridized carbons (Fsp3) is 0.441. The van der Waals surface area contributed by atoms with E-state index in [1.54, 1.807) is 6.20 Å². The summed E-state index contributed by atoms with van der Waals surface area (Å²) < 4.78 is 37.9. The molecule has 4 fully saturated rings. The Kier molecular flexibility index (Phi) is 6.19. The van der Waals surface area contributed by atoms with Gasteiger partial charge >= 0.3 is 6.01 Å². The largest absolute Gasteiger partial charge is 0.508 e. The maximum atomic E-state index is 16.7. The molecule has 2 bridgehead atoms. The first-order valence-corrected chi connectivity index (χ1v) is 15.3. The lowest BCUT2D eigenvalue weighted by Gasteiger charge is -2.34. The van der Waals surface area contributed by atoms with Crippen molar-refractivity contribution in [2.45, 2.75) is 50.5 Å². The normalized spacial score (nSPS) is 22.8. The van der Waals surface area contributed by atoms with Gasteiger partial charge in [-0.2, -0.15) is 9.97 Å². The maximum absolute atomic E-state index is 16.7. The molecule has 1 saturated carbocycles. The molecule has 0 spiro atoms. The molecule has 2 aromatic heterocycles. The van der Waals surface area contributed by atoms with Crippen LogP contribution in [0.4, 0.5) is 14.6 Å². The highest BCUT2D eigenvalue weighted by Gasteiger charge is 2.45. The van der Waals surface area contributed by atoms with Gasteiger partial charge in [0.1, 0.15) is 35.2 Å². The molecule has 3 aliphatic heterocycles. The molecule has 220 valence electrons. The SMILES string of the molecule is C#Cc1c(F)ccc2cc(O)cc(-c3ncc4c(N5CC6CCC(C6)C5)nc(OCC56CCCN5CCC6)nc4c3F)c12. The number of ether oxygens (including phenoxy) is 1. The van der Waals surface area contributed by atoms with E-state index in [2.05, 4.69) is 25.7 Å². The predicted octanol–water partition coefficient (Wildman–Crippen LogP) is 6.05. The number of nitrogens with zero attached hydrogens (tertiary/aromatic N) is 5. The number of pyridine rings is 1. The van der Waals surface area contributed by atoms with Crippen molar-refractivity contribution >= 4 is 27.5 Å². The highest BCUT2D eigenvalue weighted by atomic mass is 19.1. The van der Waals surface area contributed by atoms with Crippen molar-refractivity contribution in [2.75, 3.05) is 37.7 Å². The third-order valence-electron chi connectivity index (χ3n) is 10.3. The minimum atomic E-state index is -0.688. The average Bonchev–Trinajstić information content (AvgIpc) is 3.69. The number of terminal acetylenes is 1. The third kappa shape index (κ3) is 4.29. The molecule has 5 heterocycles. The highest BCUT2D eigenvalue weighted by Crippen LogP contribution is 2.43. The summed E-state index contributed by atoms with van der Waals surface area (Å²) >= 11 is 0. The Morgan fingerprint density at radius 1 is 1.07 bits per heavy atom. The minimum Gasteiger partial charge on any atom is -0.508 e. The molecule has 43 heavy (non-hydrogen) atoms. The van der Waals surface area contributed by atoms with Gasteiger partial charge in [-0.3, -0.25) is 9.88 Å². The zero-order valence-electron chi connectivity index (χ0n) is 24.0. The van der Waals surface area contributed by atoms with Crippen molar-refractivity contribution in [1.29, 1.82) is 0 Å². The quantitative estimate of drug-likeness (QED) is 0.288. The van der Waals surface area contributed by atoms with Gasteiger partial charge in [0.05, 0.1) is 16.5 Å². The van der Waals surface area contributed by atoms with Gasteiger partial charge in [0, 0.05) is 30.2 Å². The van der Waals surface area contributed by atoms with Crippen molar-refractivity contribution in [1.82, 2.24) is 19.9 Å². The Balaban J connectivity index is 1.28. The number of benzene rings is 2. The van der Waals surface area contributed by atoms with E-state index in [4.69, 9.17) is 16.1 Å². The van der Waals surface area contributed by atoms with Crippen LogP contribution in [0.15, 0.2) is 30.5 Å². The molecule has 1 N–H and O–H groups in total. The van der Waals surface area contributed by atoms with Crippen molar-refractivity contribution in [2.24, 2.45) is 11.8 Å². The van der Waals surface area contributed by atoms with E-state index in [1.807, 2.05) is 0 Å². The number of phenolic OH excluding ortho intramolecular Hbond substituents is 1. The van der Waals surface area contributed by atoms with Crippen molar-refractivity contribution in [3.8, 4) is 35.4 Å². The Morgan fingerprint density at radius 3 is 2.58 bits per heavy atom. The Morgan fingerprint density at radius 2 is 1.84 bits per heavy atom. The van der Waals surface area contributed by atoms with Gasteiger partial charge in [-0.1, -0.05) is 12.0 Å². The van der Waals surface area contributed by atoms with Crippen LogP contribution >= 0.6 is 0 Å². The van der Waals surface area contributed by atoms with Crippen molar-refractivity contribution in [3.05, 3.63) is 47.7 Å². The second-order valence-electron chi connectivity index (χ2n) is 12.8. The van der Waals surface area contributed by atoms with E-state index in [1.165, 1.54) is 43.5 Å². The molecule has 4 aliphatic rings. The summed E-state index contributed by atoms with van der Waals surface area (Å²) in [5, 5.41) is 11.8. The average molecular weight is 582 g/mol. The summed E-state index contributed by atoms with van der Waals surface area (Å²) in [5.74, 6) is 2.82. The fourth-order valence-electron chi connectivity index (χ4n) is 8.31. The number of phenols is 1. The number of fused-ring (bicyclic) bond motifs is 5. The molecule has 3 saturated heterocycles. The van der Waals surface area contributed by atoms with Crippen LogP contribution in [0.2, 0.25) is 0 Å². The van der Waals surface area contributed by atoms with Gasteiger partial charge in [-0.05, 0) is 93.5 Å². The van der Waals surface area contributed by atoms with Crippen LogP contribution in [-0.4, -0.2) is 63.3 Å². The molecule has 8 rings (SSSR count). The molecular formula is C34H33F2N5O2. The monoisotopic (exact) mass is 581 g/mol. The number of anilines is 1. The summed E-state index contributed by atoms with van der Waals surface area (Å²) in [5.41, 5.74) is 0.196. The summed E-state index contributed by atoms with van der Waals surface area (Å²) in [7, 11) is 0. The van der Waals surface area contributed by atoms with Gasteiger partial charge in [0.25, 0.3) is 0 Å². The topological polar surface area (TPSA) is 74.6 Å². The first-order valence-electron chi connectivity index (χ1n) is 15.3. The smallest absolute Gasteiger partial charge is 0.319 e. The van der Waals surface area contributed by atoms with Gasteiger partial charge in [-0.15, -0.1) is 6.42 Å². The Hall–Kier alpha value is -4.03. The second-order valence-corrected chi connectivity index (χ2v) is 12.8. The molecule has 2 atom stereocenters. The summed E-state index contributed by atoms with van der Waals surface area (Å²) in [6.07, 6.45) is 15.3. The van der Waals surface area contributed by atoms with E-state index >= 15 is 4.39 Å². The van der Waals surface area contributed by atoms with Gasteiger partial charge < -0.3 is 14.7 Å². The number of aromatic nitrogens is 3. The Bertz CT molecular complexity index is 1800. The van der Waals surface area contributed by atoms with Crippen LogP contribution in [0, 0.1) is 35.8 Å². The van der Waals surface area contributed by atoms with Crippen LogP contribution in [0.25, 0.3) is 32.9 Å². The van der Waals surface area contributed by atoms with E-state index in [0.29, 0.717) is 40.4 Å². The summed E-state index contributed by atoms with van der Waals surface area (Å²) in [6.45, 7) is 4.32. The zero-order valence-corrected chi connectivity index (χ0v) is 24.0. The van der Waals surface area contributed by atoms with Crippen LogP contribution < -0.4 is 9.64 Å². The molecule has 7 nitrogen and oxygen atoms in total. The van der Waals surface area contributed by atoms with Crippen molar-refractivity contribution < 1.29 is 18.6 Å². The fourth-order valence-corrected chi connectivity index (χ4v) is 8.31. The van der Waals surface area contributed by atoms with E-state index in [0.717, 1.165) is 51.9 Å². The molecule has 0 amide bonds. The van der Waals surface area contributed by atoms with E-state index in [-0.39, 0.29) is 39.6 Å². The molecule has 9 heteroatoms. The standard InChI is InChI=1S/C34H33F2N5O2/c1-2-24-27(35)8-7-22-14-23(42)15-25(28(22)24)30-29(36)31-26(16-37-30)32(40-17-20-5-6-21(13-20)18-40)39-33(38-31)43-19-34-9-3-11-41(34)12-4-10-34/h1,7-8,14-16,20-21,42H,3-6,9-13,17-19H2. The van der Waals surface area contributed by atoms with Crippen LogP contribution in [0.1, 0.15) is 50.5 Å². The first kappa shape index (κ1) is 26.6. The summed E-state index contributed by atoms with van der Waals surface area (Å²) in [6, 6.07) is 5.76. The lowest BCUT2D eigenvalue weighted by atomic mass is 9.95. The molecule has 2 aromatic carbocycles. The zero-order chi connectivity index (χ0) is 29.3. The number of hydrogen-bond acceptors (Lipinski definition) is 7. The predicted molar refractivity (Wildman–Crippen MR) is 161 cm³/mol. The number of aromatic hydroxyl groups is 1. The van der Waals surface area contributed by atoms with Gasteiger partial charge in [0.15, 0.2) is 5.82 Å². The third-order valence-corrected chi connectivity index (χ3v) is 10.3. The number of rotatable bonds is 5. The van der Waals surface area contributed by atoms with Gasteiger partial charge in [0.2, 0.25) is 0 Å². The first-order chi connectivity index (χ1) is 20.9. The summed E-state index contributed by atoms with van der Waals surface area (Å²) in [4.78, 5) is 18.8. The van der Waals surface area contributed by atoms with Crippen LogP contribution in [-0.2, 0) is 0 Å². The lowest BCUT2D eigenvalue weighted by molar-refractivity contribution is 0.108. The van der Waals surface area contributed by atoms with E-state index < -0.39 is 11.6 Å². The van der Waals surface area contributed by atoms with E-state index in [9.17, 15) is 9.50 Å².